The van der Waals surface area contributed by atoms with Crippen LogP contribution in [0.4, 0.5) is 4.39 Å². The molecule has 0 aromatic heterocycles. The number of nitrogens with zero attached hydrogens (tertiary/aromatic N) is 1. The van der Waals surface area contributed by atoms with Crippen molar-refractivity contribution in [3.63, 3.8) is 0 Å². The smallest absolute Gasteiger partial charge is 0.150 e. The van der Waals surface area contributed by atoms with E-state index in [2.05, 4.69) is 11.8 Å². The molecule has 2 bridgehead atoms. The molecule has 1 N–H and O–H groups in total. The quantitative estimate of drug-likeness (QED) is 0.448. The maximum atomic E-state index is 13.7. The first-order valence-electron chi connectivity index (χ1n) is 12.4. The zero-order valence-corrected chi connectivity index (χ0v) is 20.1. The normalized spacial score (nSPS) is 23.9. The molecule has 3 aliphatic heterocycles. The van der Waals surface area contributed by atoms with Crippen molar-refractivity contribution < 1.29 is 19.0 Å². The highest BCUT2D eigenvalue weighted by Gasteiger charge is 2.44. The summed E-state index contributed by atoms with van der Waals surface area (Å²) in [5.74, 6) is 2.37. The fourth-order valence-corrected chi connectivity index (χ4v) is 5.83. The predicted octanol–water partition coefficient (Wildman–Crippen LogP) is 6.46. The molecule has 1 saturated carbocycles. The van der Waals surface area contributed by atoms with Gasteiger partial charge in [0.15, 0.2) is 0 Å². The van der Waals surface area contributed by atoms with Crippen molar-refractivity contribution in [2.45, 2.75) is 44.9 Å². The zero-order valence-electron chi connectivity index (χ0n) is 20.1. The molecule has 2 saturated heterocycles. The van der Waals surface area contributed by atoms with Crippen LogP contribution in [0.5, 0.6) is 17.2 Å². The molecule has 4 nitrogen and oxygen atoms in total. The van der Waals surface area contributed by atoms with Crippen molar-refractivity contribution in [2.75, 3.05) is 13.2 Å². The topological polar surface area (TPSA) is 41.9 Å². The van der Waals surface area contributed by atoms with E-state index in [9.17, 15) is 9.50 Å². The second-order valence-corrected chi connectivity index (χ2v) is 10.1. The lowest BCUT2D eigenvalue weighted by Crippen LogP contribution is -2.39. The van der Waals surface area contributed by atoms with Gasteiger partial charge >= 0.3 is 0 Å². The molecule has 3 aromatic rings. The Kier molecular flexibility index (Phi) is 5.53. The minimum atomic E-state index is -0.359. The molecule has 0 spiro atoms. The van der Waals surface area contributed by atoms with Crippen molar-refractivity contribution in [2.24, 2.45) is 5.92 Å². The van der Waals surface area contributed by atoms with Gasteiger partial charge in [0.1, 0.15) is 35.8 Å². The summed E-state index contributed by atoms with van der Waals surface area (Å²) in [5.41, 5.74) is 4.67. The number of ether oxygens (including phenoxy) is 2. The van der Waals surface area contributed by atoms with Gasteiger partial charge in [-0.15, -0.1) is 0 Å². The Labute approximate surface area is 205 Å². The third-order valence-corrected chi connectivity index (χ3v) is 7.82. The van der Waals surface area contributed by atoms with Gasteiger partial charge in [-0.1, -0.05) is 24.3 Å². The zero-order chi connectivity index (χ0) is 24.1. The van der Waals surface area contributed by atoms with Crippen LogP contribution in [-0.4, -0.2) is 35.2 Å². The molecule has 3 aromatic carbocycles. The monoisotopic (exact) mass is 471 g/mol. The number of phenolic OH excluding ortho intramolecular Hbond substituents is 1. The Morgan fingerprint density at radius 2 is 1.80 bits per heavy atom. The van der Waals surface area contributed by atoms with E-state index >= 15 is 0 Å². The largest absolute Gasteiger partial charge is 0.508 e. The Morgan fingerprint density at radius 3 is 2.49 bits per heavy atom. The van der Waals surface area contributed by atoms with E-state index in [0.29, 0.717) is 18.4 Å². The van der Waals surface area contributed by atoms with Gasteiger partial charge in [0.25, 0.3) is 0 Å². The SMILES string of the molecule is CC1=C(c2ccc(F)cc2)C(c2ccc(OC[C@H](C)N3CC4CC3C4)cc2)Oc2ccc(O)cc21. The molecule has 35 heavy (non-hydrogen) atoms. The predicted molar refractivity (Wildman–Crippen MR) is 135 cm³/mol. The van der Waals surface area contributed by atoms with E-state index in [4.69, 9.17) is 9.47 Å². The summed E-state index contributed by atoms with van der Waals surface area (Å²) in [4.78, 5) is 2.59. The second-order valence-electron chi connectivity index (χ2n) is 10.1. The third kappa shape index (κ3) is 4.08. The first kappa shape index (κ1) is 22.2. The van der Waals surface area contributed by atoms with E-state index in [1.165, 1.54) is 31.5 Å². The molecule has 180 valence electrons. The number of hydrogen-bond acceptors (Lipinski definition) is 4. The van der Waals surface area contributed by atoms with Gasteiger partial charge in [-0.2, -0.15) is 0 Å². The Morgan fingerprint density at radius 1 is 1.06 bits per heavy atom. The summed E-state index contributed by atoms with van der Waals surface area (Å²) >= 11 is 0. The third-order valence-electron chi connectivity index (χ3n) is 7.82. The number of hydrogen-bond donors (Lipinski definition) is 1. The molecule has 1 aliphatic carbocycles. The molecular formula is C30H30FNO3. The van der Waals surface area contributed by atoms with Crippen LogP contribution in [0.1, 0.15) is 49.5 Å². The van der Waals surface area contributed by atoms with Gasteiger partial charge in [-0.05, 0) is 91.8 Å². The van der Waals surface area contributed by atoms with Gasteiger partial charge in [0.05, 0.1) is 0 Å². The van der Waals surface area contributed by atoms with Crippen LogP contribution in [0.3, 0.4) is 0 Å². The molecule has 7 rings (SSSR count). The number of phenols is 1. The molecule has 1 unspecified atom stereocenters. The molecule has 4 aliphatic rings. The minimum absolute atomic E-state index is 0.186. The Bertz CT molecular complexity index is 1260. The van der Waals surface area contributed by atoms with Crippen molar-refractivity contribution >= 4 is 11.1 Å². The molecule has 3 fully saturated rings. The van der Waals surface area contributed by atoms with E-state index in [1.54, 1.807) is 30.3 Å². The Hall–Kier alpha value is -3.31. The van der Waals surface area contributed by atoms with Gasteiger partial charge in [0.2, 0.25) is 0 Å². The van der Waals surface area contributed by atoms with Crippen molar-refractivity contribution in [1.29, 1.82) is 0 Å². The number of aromatic hydroxyl groups is 1. The maximum absolute atomic E-state index is 13.7. The second kappa shape index (κ2) is 8.72. The number of allylic oxidation sites excluding steroid dienone is 1. The van der Waals surface area contributed by atoms with Crippen LogP contribution in [0, 0.1) is 11.7 Å². The van der Waals surface area contributed by atoms with Crippen LogP contribution in [0.25, 0.3) is 11.1 Å². The van der Waals surface area contributed by atoms with Gasteiger partial charge in [-0.25, -0.2) is 4.39 Å². The van der Waals surface area contributed by atoms with Gasteiger partial charge in [-0.3, -0.25) is 4.90 Å². The minimum Gasteiger partial charge on any atom is -0.508 e. The Balaban J connectivity index is 1.26. The molecule has 2 atom stereocenters. The number of fused-ring (bicyclic) bond motifs is 2. The van der Waals surface area contributed by atoms with Crippen molar-refractivity contribution in [3.05, 3.63) is 89.2 Å². The van der Waals surface area contributed by atoms with Crippen LogP contribution in [-0.2, 0) is 0 Å². The lowest BCUT2D eigenvalue weighted by molar-refractivity contribution is 0.140. The van der Waals surface area contributed by atoms with E-state index in [1.807, 2.05) is 31.2 Å². The molecule has 5 heteroatoms. The number of rotatable bonds is 6. The van der Waals surface area contributed by atoms with Crippen molar-refractivity contribution in [3.8, 4) is 17.2 Å². The fourth-order valence-electron chi connectivity index (χ4n) is 5.83. The summed E-state index contributed by atoms with van der Waals surface area (Å²) in [6.45, 7) is 6.17. The number of halogens is 1. The molecule has 0 amide bonds. The molecule has 0 radical (unpaired) electrons. The molecule has 3 heterocycles. The first-order valence-corrected chi connectivity index (χ1v) is 12.4. The average molecular weight is 472 g/mol. The highest BCUT2D eigenvalue weighted by molar-refractivity contribution is 5.95. The van der Waals surface area contributed by atoms with Gasteiger partial charge in [0, 0.05) is 29.8 Å². The van der Waals surface area contributed by atoms with E-state index in [-0.39, 0.29) is 17.7 Å². The first-order chi connectivity index (χ1) is 17.0. The standard InChI is InChI=1S/C30H30FNO3/c1-18(32-16-20-13-24(32)14-20)17-34-26-10-5-22(6-11-26)30-29(21-3-7-23(31)8-4-21)19(2)27-15-25(33)9-12-28(27)35-30/h3-12,15,18,20,24,30,33H,13-14,16-17H2,1-2H3/t18-,20?,24?,30?/m0/s1. The highest BCUT2D eigenvalue weighted by atomic mass is 19.1. The van der Waals surface area contributed by atoms with E-state index in [0.717, 1.165) is 45.5 Å². The van der Waals surface area contributed by atoms with E-state index < -0.39 is 0 Å². The van der Waals surface area contributed by atoms with Crippen LogP contribution < -0.4 is 9.47 Å². The summed E-state index contributed by atoms with van der Waals surface area (Å²) in [6, 6.07) is 20.9. The molecular weight excluding hydrogens is 441 g/mol. The summed E-state index contributed by atoms with van der Waals surface area (Å²) in [5, 5.41) is 10.0. The highest BCUT2D eigenvalue weighted by Crippen LogP contribution is 2.47. The van der Waals surface area contributed by atoms with Crippen molar-refractivity contribution in [1.82, 2.24) is 4.90 Å². The summed E-state index contributed by atoms with van der Waals surface area (Å²) in [6.07, 6.45) is 2.35. The van der Waals surface area contributed by atoms with Crippen LogP contribution >= 0.6 is 0 Å². The average Bonchev–Trinajstić information content (AvgIpc) is 3.46. The van der Waals surface area contributed by atoms with Gasteiger partial charge < -0.3 is 14.6 Å². The van der Waals surface area contributed by atoms with Crippen LogP contribution in [0.2, 0.25) is 0 Å². The lowest BCUT2D eigenvalue weighted by atomic mass is 9.86. The maximum Gasteiger partial charge on any atom is 0.150 e. The summed E-state index contributed by atoms with van der Waals surface area (Å²) < 4.78 is 26.3. The van der Waals surface area contributed by atoms with Crippen LogP contribution in [0.15, 0.2) is 66.7 Å². The summed E-state index contributed by atoms with van der Waals surface area (Å²) in [7, 11) is 0. The fraction of sp³-hybridized carbons (Fsp3) is 0.333. The lowest BCUT2D eigenvalue weighted by Gasteiger charge is -2.31. The number of benzene rings is 3.